The third kappa shape index (κ3) is 4.33. The molecule has 0 aromatic carbocycles. The molecule has 1 amide bonds. The molecule has 1 aromatic heterocycles. The zero-order chi connectivity index (χ0) is 13.8. The highest BCUT2D eigenvalue weighted by Crippen LogP contribution is 2.14. The van der Waals surface area contributed by atoms with E-state index in [9.17, 15) is 9.90 Å². The van der Waals surface area contributed by atoms with Crippen molar-refractivity contribution in [2.24, 2.45) is 5.73 Å². The number of amides is 1. The molecule has 0 saturated heterocycles. The van der Waals surface area contributed by atoms with Gasteiger partial charge in [0, 0.05) is 30.5 Å². The molecule has 0 bridgehead atoms. The van der Waals surface area contributed by atoms with E-state index in [0.717, 1.165) is 5.56 Å². The monoisotopic (exact) mass is 251 g/mol. The molecule has 0 fully saturated rings. The van der Waals surface area contributed by atoms with Crippen molar-refractivity contribution < 1.29 is 9.90 Å². The van der Waals surface area contributed by atoms with Gasteiger partial charge in [0.05, 0.1) is 0 Å². The fourth-order valence-corrected chi connectivity index (χ4v) is 1.76. The molecule has 0 spiro atoms. The van der Waals surface area contributed by atoms with Crippen molar-refractivity contribution in [3.63, 3.8) is 0 Å². The molecular weight excluding hydrogens is 230 g/mol. The van der Waals surface area contributed by atoms with Gasteiger partial charge in [0.1, 0.15) is 0 Å². The van der Waals surface area contributed by atoms with Gasteiger partial charge in [-0.2, -0.15) is 0 Å². The van der Waals surface area contributed by atoms with Crippen molar-refractivity contribution in [2.75, 3.05) is 6.54 Å². The van der Waals surface area contributed by atoms with Crippen LogP contribution < -0.4 is 5.73 Å². The number of nitrogens with two attached hydrogens (primary N) is 1. The van der Waals surface area contributed by atoms with E-state index in [1.54, 1.807) is 12.4 Å². The van der Waals surface area contributed by atoms with Gasteiger partial charge in [-0.25, -0.2) is 4.79 Å². The van der Waals surface area contributed by atoms with Crippen LogP contribution in [0.3, 0.4) is 0 Å². The van der Waals surface area contributed by atoms with E-state index in [4.69, 9.17) is 5.73 Å². The Bertz CT molecular complexity index is 387. The Hall–Kier alpha value is -1.62. The third-order valence-electron chi connectivity index (χ3n) is 2.70. The first kappa shape index (κ1) is 14.4. The lowest BCUT2D eigenvalue weighted by Crippen LogP contribution is -2.50. The summed E-state index contributed by atoms with van der Waals surface area (Å²) in [6, 6.07) is 3.56. The van der Waals surface area contributed by atoms with Crippen molar-refractivity contribution in [1.82, 2.24) is 9.88 Å². The molecule has 1 atom stereocenters. The highest BCUT2D eigenvalue weighted by molar-refractivity contribution is 5.66. The summed E-state index contributed by atoms with van der Waals surface area (Å²) in [6.07, 6.45) is 3.12. The summed E-state index contributed by atoms with van der Waals surface area (Å²) >= 11 is 0. The molecule has 5 nitrogen and oxygen atoms in total. The molecule has 0 aliphatic carbocycles. The molecule has 0 unspecified atom stereocenters. The average molecular weight is 251 g/mol. The van der Waals surface area contributed by atoms with Crippen molar-refractivity contribution >= 4 is 6.09 Å². The van der Waals surface area contributed by atoms with Crippen LogP contribution in [0.2, 0.25) is 0 Å². The van der Waals surface area contributed by atoms with Crippen molar-refractivity contribution in [3.05, 3.63) is 30.1 Å². The Kier molecular flexibility index (Phi) is 4.67. The zero-order valence-corrected chi connectivity index (χ0v) is 11.1. The maximum absolute atomic E-state index is 11.2. The van der Waals surface area contributed by atoms with E-state index in [2.05, 4.69) is 4.98 Å². The Labute approximate surface area is 108 Å². The van der Waals surface area contributed by atoms with Gasteiger partial charge >= 0.3 is 6.09 Å². The topological polar surface area (TPSA) is 79.5 Å². The lowest BCUT2D eigenvalue weighted by Gasteiger charge is -2.35. The molecule has 100 valence electrons. The number of hydrogen-bond donors (Lipinski definition) is 2. The Balaban J connectivity index is 2.63. The summed E-state index contributed by atoms with van der Waals surface area (Å²) in [5.41, 5.74) is 6.64. The lowest BCUT2D eigenvalue weighted by molar-refractivity contribution is 0.0960. The highest BCUT2D eigenvalue weighted by Gasteiger charge is 2.27. The van der Waals surface area contributed by atoms with Crippen molar-refractivity contribution in [2.45, 2.75) is 38.8 Å². The summed E-state index contributed by atoms with van der Waals surface area (Å²) in [5.74, 6) is 0. The molecule has 0 aliphatic rings. The van der Waals surface area contributed by atoms with Crippen LogP contribution in [-0.4, -0.2) is 39.2 Å². The van der Waals surface area contributed by atoms with E-state index in [0.29, 0.717) is 13.0 Å². The van der Waals surface area contributed by atoms with Crippen LogP contribution in [-0.2, 0) is 6.42 Å². The predicted octanol–water partition coefficient (Wildman–Crippen LogP) is 1.73. The van der Waals surface area contributed by atoms with Gasteiger partial charge in [0.25, 0.3) is 0 Å². The minimum Gasteiger partial charge on any atom is -0.465 e. The SMILES string of the molecule is CC(C)(C)N(C[C@@H](N)Cc1ccncc1)C(=O)O. The van der Waals surface area contributed by atoms with Gasteiger partial charge in [-0.05, 0) is 44.9 Å². The summed E-state index contributed by atoms with van der Waals surface area (Å²) in [5, 5.41) is 9.18. The standard InChI is InChI=1S/C13H21N3O2/c1-13(2,3)16(12(17)18)9-11(14)8-10-4-6-15-7-5-10/h4-7,11H,8-9,14H2,1-3H3,(H,17,18)/t11-/m0/s1. The van der Waals surface area contributed by atoms with Crippen LogP contribution in [0.15, 0.2) is 24.5 Å². The second-order valence-electron chi connectivity index (χ2n) is 5.38. The summed E-state index contributed by atoms with van der Waals surface area (Å²) in [7, 11) is 0. The average Bonchev–Trinajstić information content (AvgIpc) is 2.25. The number of pyridine rings is 1. The second kappa shape index (κ2) is 5.82. The van der Waals surface area contributed by atoms with Crippen LogP contribution in [0.5, 0.6) is 0 Å². The quantitative estimate of drug-likeness (QED) is 0.854. The highest BCUT2D eigenvalue weighted by atomic mass is 16.4. The van der Waals surface area contributed by atoms with Gasteiger partial charge in [-0.3, -0.25) is 4.98 Å². The number of hydrogen-bond acceptors (Lipinski definition) is 3. The van der Waals surface area contributed by atoms with Crippen LogP contribution in [0.25, 0.3) is 0 Å². The normalized spacial score (nSPS) is 13.1. The van der Waals surface area contributed by atoms with E-state index in [1.807, 2.05) is 32.9 Å². The van der Waals surface area contributed by atoms with Crippen LogP contribution in [0.4, 0.5) is 4.79 Å². The number of aromatic nitrogens is 1. The molecule has 0 saturated carbocycles. The van der Waals surface area contributed by atoms with Gasteiger partial charge in [0.2, 0.25) is 0 Å². The number of carbonyl (C=O) groups is 1. The maximum atomic E-state index is 11.2. The molecule has 18 heavy (non-hydrogen) atoms. The molecule has 1 aromatic rings. The van der Waals surface area contributed by atoms with Gasteiger partial charge in [-0.1, -0.05) is 0 Å². The first-order valence-electron chi connectivity index (χ1n) is 5.95. The molecule has 1 rings (SSSR count). The lowest BCUT2D eigenvalue weighted by atomic mass is 10.0. The molecule has 0 aliphatic heterocycles. The smallest absolute Gasteiger partial charge is 0.407 e. The Morgan fingerprint density at radius 1 is 1.44 bits per heavy atom. The summed E-state index contributed by atoms with van der Waals surface area (Å²) in [4.78, 5) is 16.5. The Morgan fingerprint density at radius 2 is 2.00 bits per heavy atom. The largest absolute Gasteiger partial charge is 0.465 e. The summed E-state index contributed by atoms with van der Waals surface area (Å²) < 4.78 is 0. The number of rotatable bonds is 4. The third-order valence-corrected chi connectivity index (χ3v) is 2.70. The number of carboxylic acid groups (broad SMARTS) is 1. The van der Waals surface area contributed by atoms with E-state index >= 15 is 0 Å². The maximum Gasteiger partial charge on any atom is 0.407 e. The summed E-state index contributed by atoms with van der Waals surface area (Å²) in [6.45, 7) is 5.90. The Morgan fingerprint density at radius 3 is 2.44 bits per heavy atom. The van der Waals surface area contributed by atoms with Gasteiger partial charge in [-0.15, -0.1) is 0 Å². The zero-order valence-electron chi connectivity index (χ0n) is 11.1. The number of nitrogens with zero attached hydrogens (tertiary/aromatic N) is 2. The van der Waals surface area contributed by atoms with Gasteiger partial charge in [0.15, 0.2) is 0 Å². The van der Waals surface area contributed by atoms with E-state index in [-0.39, 0.29) is 6.04 Å². The fourth-order valence-electron chi connectivity index (χ4n) is 1.76. The predicted molar refractivity (Wildman–Crippen MR) is 70.4 cm³/mol. The first-order chi connectivity index (χ1) is 8.30. The van der Waals surface area contributed by atoms with E-state index in [1.165, 1.54) is 4.90 Å². The molecular formula is C13H21N3O2. The van der Waals surface area contributed by atoms with Crippen molar-refractivity contribution in [1.29, 1.82) is 0 Å². The van der Waals surface area contributed by atoms with Crippen LogP contribution in [0, 0.1) is 0 Å². The van der Waals surface area contributed by atoms with Crippen LogP contribution in [0.1, 0.15) is 26.3 Å². The molecule has 0 radical (unpaired) electrons. The minimum absolute atomic E-state index is 0.220. The van der Waals surface area contributed by atoms with E-state index < -0.39 is 11.6 Å². The van der Waals surface area contributed by atoms with Gasteiger partial charge < -0.3 is 15.7 Å². The molecule has 3 N–H and O–H groups in total. The fraction of sp³-hybridized carbons (Fsp3) is 0.538. The first-order valence-corrected chi connectivity index (χ1v) is 5.95. The second-order valence-corrected chi connectivity index (χ2v) is 5.38. The van der Waals surface area contributed by atoms with Crippen molar-refractivity contribution in [3.8, 4) is 0 Å². The van der Waals surface area contributed by atoms with Crippen LogP contribution >= 0.6 is 0 Å². The molecule has 1 heterocycles. The minimum atomic E-state index is -0.937. The molecule has 5 heteroatoms.